The van der Waals surface area contributed by atoms with E-state index >= 15 is 0 Å². The van der Waals surface area contributed by atoms with E-state index in [1.165, 1.54) is 4.88 Å². The van der Waals surface area contributed by atoms with Crippen LogP contribution in [0.25, 0.3) is 0 Å². The molecule has 1 spiro atoms. The molecule has 0 unspecified atom stereocenters. The monoisotopic (exact) mass is 465 g/mol. The van der Waals surface area contributed by atoms with E-state index in [-0.39, 0.29) is 34.4 Å². The molecule has 2 bridgehead atoms. The van der Waals surface area contributed by atoms with Crippen LogP contribution >= 0.6 is 11.3 Å². The third-order valence-electron chi connectivity index (χ3n) is 9.60. The number of hydrogen-bond acceptors (Lipinski definition) is 7. The minimum atomic E-state index is -1.11. The Morgan fingerprint density at radius 1 is 1.15 bits per heavy atom. The van der Waals surface area contributed by atoms with Gasteiger partial charge in [0, 0.05) is 34.3 Å². The number of nitrogens with zero attached hydrogens (tertiary/aromatic N) is 2. The van der Waals surface area contributed by atoms with E-state index in [1.807, 2.05) is 12.1 Å². The number of aliphatic hydroxyl groups is 2. The van der Waals surface area contributed by atoms with Crippen LogP contribution in [0, 0.1) is 28.6 Å². The van der Waals surface area contributed by atoms with Gasteiger partial charge in [0.2, 0.25) is 0 Å². The average Bonchev–Trinajstić information content (AvgIpc) is 3.21. The van der Waals surface area contributed by atoms with Crippen LogP contribution in [0.1, 0.15) is 50.6 Å². The number of anilines is 2. The lowest BCUT2D eigenvalue weighted by molar-refractivity contribution is -0.212. The first-order chi connectivity index (χ1) is 15.6. The molecule has 2 aromatic rings. The average molecular weight is 466 g/mol. The van der Waals surface area contributed by atoms with E-state index in [0.717, 1.165) is 35.8 Å². The zero-order valence-corrected chi connectivity index (χ0v) is 20.2. The van der Waals surface area contributed by atoms with Crippen LogP contribution in [0.3, 0.4) is 0 Å². The normalized spacial score (nSPS) is 40.7. The van der Waals surface area contributed by atoms with Crippen LogP contribution in [0.2, 0.25) is 0 Å². The molecule has 7 atom stereocenters. The van der Waals surface area contributed by atoms with Gasteiger partial charge in [0.15, 0.2) is 10.9 Å². The Morgan fingerprint density at radius 2 is 1.88 bits per heavy atom. The van der Waals surface area contributed by atoms with Gasteiger partial charge in [-0.05, 0) is 60.6 Å². The second-order valence-corrected chi connectivity index (χ2v) is 12.4. The van der Waals surface area contributed by atoms with E-state index in [4.69, 9.17) is 4.98 Å². The first-order valence-corrected chi connectivity index (χ1v) is 12.7. The largest absolute Gasteiger partial charge is 0.392 e. The molecule has 174 valence electrons. The molecule has 4 aliphatic carbocycles. The van der Waals surface area contributed by atoms with Crippen LogP contribution in [-0.2, 0) is 16.6 Å². The zero-order chi connectivity index (χ0) is 23.3. The molecule has 4 aliphatic rings. The van der Waals surface area contributed by atoms with Gasteiger partial charge in [-0.1, -0.05) is 27.4 Å². The summed E-state index contributed by atoms with van der Waals surface area (Å²) < 4.78 is 0. The number of aromatic nitrogens is 2. The Hall–Kier alpha value is -2.09. The highest BCUT2D eigenvalue weighted by Crippen LogP contribution is 2.70. The summed E-state index contributed by atoms with van der Waals surface area (Å²) in [5.41, 5.74) is 0.961. The molecular formula is C26H31N3O3S. The summed E-state index contributed by atoms with van der Waals surface area (Å²) in [5, 5.41) is 27.1. The third-order valence-corrected chi connectivity index (χ3v) is 10.6. The van der Waals surface area contributed by atoms with Crippen molar-refractivity contribution in [2.75, 3.05) is 5.32 Å². The zero-order valence-electron chi connectivity index (χ0n) is 19.3. The SMILES string of the molecule is C=C1C(=O)[C@@]23[C@H](O)C[C@@H]4C(C)(C)c5nc(Nc6ccncc6)sc5C[C@@]4(C)[C@@H]2CC[C@@H]1[C@H]3O. The standard InChI is InChI=1S/C26H31N3O3S/c1-13-15-5-6-17-25(4)12-16-20(29-23(33-16)28-14-7-9-27-10-8-14)24(2,3)18(25)11-19(30)26(17,21(13)31)22(15)32/h7-10,15,17-19,22,30,32H,1,5-6,11-12H2,2-4H3,(H,27,28,29)/t15-,17-,18+,19+,22+,25-,26-/m0/s1. The number of carbonyl (C=O) groups excluding carboxylic acids is 1. The molecule has 0 aliphatic heterocycles. The van der Waals surface area contributed by atoms with Gasteiger partial charge in [0.25, 0.3) is 0 Å². The van der Waals surface area contributed by atoms with Crippen molar-refractivity contribution in [3.8, 4) is 0 Å². The van der Waals surface area contributed by atoms with Crippen molar-refractivity contribution in [1.82, 2.24) is 9.97 Å². The molecule has 0 aromatic carbocycles. The molecule has 3 saturated carbocycles. The predicted molar refractivity (Wildman–Crippen MR) is 127 cm³/mol. The molecule has 3 N–H and O–H groups in total. The van der Waals surface area contributed by atoms with E-state index in [0.29, 0.717) is 12.0 Å². The second kappa shape index (κ2) is 6.74. The van der Waals surface area contributed by atoms with Crippen LogP contribution < -0.4 is 5.32 Å². The van der Waals surface area contributed by atoms with Gasteiger partial charge in [-0.25, -0.2) is 4.98 Å². The number of Topliss-reactive ketones (excluding diaryl/α,β-unsaturated/α-hetero) is 1. The fourth-order valence-corrected chi connectivity index (χ4v) is 9.56. The Bertz CT molecular complexity index is 1160. The van der Waals surface area contributed by atoms with Crippen LogP contribution in [0.15, 0.2) is 36.7 Å². The van der Waals surface area contributed by atoms with Crippen molar-refractivity contribution >= 4 is 27.9 Å². The molecule has 2 aromatic heterocycles. The lowest BCUT2D eigenvalue weighted by atomic mass is 9.40. The molecule has 2 heterocycles. The molecule has 3 fully saturated rings. The Labute approximate surface area is 198 Å². The Balaban J connectivity index is 1.45. The minimum absolute atomic E-state index is 0.0807. The molecule has 0 radical (unpaired) electrons. The number of rotatable bonds is 2. The fourth-order valence-electron chi connectivity index (χ4n) is 8.24. The quantitative estimate of drug-likeness (QED) is 0.580. The van der Waals surface area contributed by atoms with Crippen molar-refractivity contribution in [3.63, 3.8) is 0 Å². The molecule has 6 rings (SSSR count). The van der Waals surface area contributed by atoms with Gasteiger partial charge in [-0.15, -0.1) is 11.3 Å². The van der Waals surface area contributed by atoms with Gasteiger partial charge in [0.1, 0.15) is 0 Å². The topological polar surface area (TPSA) is 95.3 Å². The van der Waals surface area contributed by atoms with Crippen molar-refractivity contribution in [2.45, 2.75) is 64.1 Å². The number of hydrogen-bond donors (Lipinski definition) is 3. The summed E-state index contributed by atoms with van der Waals surface area (Å²) in [5.74, 6) is -0.231. The van der Waals surface area contributed by atoms with Crippen molar-refractivity contribution < 1.29 is 15.0 Å². The Morgan fingerprint density at radius 3 is 2.61 bits per heavy atom. The van der Waals surface area contributed by atoms with Crippen molar-refractivity contribution in [3.05, 3.63) is 47.2 Å². The van der Waals surface area contributed by atoms with Gasteiger partial charge in [-0.3, -0.25) is 9.78 Å². The van der Waals surface area contributed by atoms with Crippen LogP contribution in [-0.4, -0.2) is 38.2 Å². The molecule has 0 amide bonds. The number of aliphatic hydroxyl groups excluding tert-OH is 2. The van der Waals surface area contributed by atoms with E-state index in [9.17, 15) is 15.0 Å². The predicted octanol–water partition coefficient (Wildman–Crippen LogP) is 4.01. The van der Waals surface area contributed by atoms with Crippen molar-refractivity contribution in [2.24, 2.45) is 28.6 Å². The van der Waals surface area contributed by atoms with E-state index in [1.54, 1.807) is 23.7 Å². The third kappa shape index (κ3) is 2.53. The number of ketones is 1. The maximum atomic E-state index is 13.6. The molecule has 6 nitrogen and oxygen atoms in total. The lowest BCUT2D eigenvalue weighted by Gasteiger charge is -2.64. The van der Waals surface area contributed by atoms with E-state index in [2.05, 4.69) is 37.7 Å². The summed E-state index contributed by atoms with van der Waals surface area (Å²) in [4.78, 5) is 23.9. The van der Waals surface area contributed by atoms with E-state index < -0.39 is 17.6 Å². The molecule has 7 heteroatoms. The molecular weight excluding hydrogens is 434 g/mol. The van der Waals surface area contributed by atoms with Crippen LogP contribution in [0.4, 0.5) is 10.8 Å². The van der Waals surface area contributed by atoms with Gasteiger partial charge in [0.05, 0.1) is 23.3 Å². The summed E-state index contributed by atoms with van der Waals surface area (Å²) in [6.45, 7) is 10.8. The molecule has 33 heavy (non-hydrogen) atoms. The minimum Gasteiger partial charge on any atom is -0.392 e. The smallest absolute Gasteiger partial charge is 0.187 e. The highest BCUT2D eigenvalue weighted by molar-refractivity contribution is 7.15. The Kier molecular flexibility index (Phi) is 4.38. The summed E-state index contributed by atoms with van der Waals surface area (Å²) in [6.07, 6.45) is 4.71. The van der Waals surface area contributed by atoms with Crippen molar-refractivity contribution in [1.29, 1.82) is 0 Å². The highest BCUT2D eigenvalue weighted by atomic mass is 32.1. The van der Waals surface area contributed by atoms with Gasteiger partial charge in [-0.2, -0.15) is 0 Å². The molecule has 0 saturated heterocycles. The number of thiazole rings is 1. The van der Waals surface area contributed by atoms with Gasteiger partial charge < -0.3 is 15.5 Å². The maximum Gasteiger partial charge on any atom is 0.187 e. The maximum absolute atomic E-state index is 13.6. The number of pyridine rings is 1. The fraction of sp³-hybridized carbons (Fsp3) is 0.577. The number of carbonyl (C=O) groups is 1. The highest BCUT2D eigenvalue weighted by Gasteiger charge is 2.74. The second-order valence-electron chi connectivity index (χ2n) is 11.3. The number of fused-ring (bicyclic) bond motifs is 4. The summed E-state index contributed by atoms with van der Waals surface area (Å²) in [7, 11) is 0. The summed E-state index contributed by atoms with van der Waals surface area (Å²) in [6, 6.07) is 3.84. The number of nitrogens with one attached hydrogen (secondary N) is 1. The first-order valence-electron chi connectivity index (χ1n) is 11.9. The summed E-state index contributed by atoms with van der Waals surface area (Å²) >= 11 is 1.68. The lowest BCUT2D eigenvalue weighted by Crippen LogP contribution is -2.68. The van der Waals surface area contributed by atoms with Gasteiger partial charge >= 0.3 is 0 Å². The van der Waals surface area contributed by atoms with Crippen LogP contribution in [0.5, 0.6) is 0 Å². The first kappa shape index (κ1) is 21.4.